The second-order valence-corrected chi connectivity index (χ2v) is 7.00. The zero-order valence-electron chi connectivity index (χ0n) is 15.3. The van der Waals surface area contributed by atoms with E-state index in [1.54, 1.807) is 0 Å². The summed E-state index contributed by atoms with van der Waals surface area (Å²) in [5.41, 5.74) is 0.859. The molecule has 1 aliphatic rings. The van der Waals surface area contributed by atoms with E-state index < -0.39 is 6.10 Å². The molecule has 0 saturated carbocycles. The van der Waals surface area contributed by atoms with E-state index in [0.29, 0.717) is 19.4 Å². The van der Waals surface area contributed by atoms with Gasteiger partial charge in [-0.25, -0.2) is 0 Å². The first kappa shape index (κ1) is 19.4. The zero-order valence-corrected chi connectivity index (χ0v) is 15.3. The van der Waals surface area contributed by atoms with Crippen molar-refractivity contribution in [3.8, 4) is 0 Å². The largest absolute Gasteiger partial charge is 0.388 e. The van der Waals surface area contributed by atoms with Crippen molar-refractivity contribution < 1.29 is 14.7 Å². The minimum atomic E-state index is -0.592. The van der Waals surface area contributed by atoms with Crippen molar-refractivity contribution in [1.29, 1.82) is 0 Å². The summed E-state index contributed by atoms with van der Waals surface area (Å²) in [5, 5.41) is 13.3. The van der Waals surface area contributed by atoms with Gasteiger partial charge in [-0.3, -0.25) is 9.59 Å². The van der Waals surface area contributed by atoms with Gasteiger partial charge in [0.05, 0.1) is 12.0 Å². The Morgan fingerprint density at radius 3 is 2.72 bits per heavy atom. The highest BCUT2D eigenvalue weighted by Crippen LogP contribution is 2.20. The summed E-state index contributed by atoms with van der Waals surface area (Å²) in [6.07, 6.45) is 2.95. The minimum Gasteiger partial charge on any atom is -0.388 e. The minimum absolute atomic E-state index is 0.0123. The molecule has 0 radical (unpaired) electrons. The number of nitrogens with one attached hydrogen (secondary N) is 1. The molecule has 0 bridgehead atoms. The summed E-state index contributed by atoms with van der Waals surface area (Å²) in [5.74, 6) is -0.0137. The standard InChI is InChI=1S/C20H30N2O3/c1-3-8-19(24)22-12-7-11-17(14-22)20(25)21-15(2)13-18(23)16-9-5-4-6-10-16/h4-6,9-10,15,17-18,23H,3,7-8,11-14H2,1-2H3,(H,21,25). The molecule has 5 heteroatoms. The number of likely N-dealkylation sites (tertiary alicyclic amines) is 1. The fourth-order valence-electron chi connectivity index (χ4n) is 3.36. The normalized spacial score (nSPS) is 20.0. The quantitative estimate of drug-likeness (QED) is 0.797. The highest BCUT2D eigenvalue weighted by molar-refractivity contribution is 5.81. The lowest BCUT2D eigenvalue weighted by molar-refractivity contribution is -0.135. The number of hydrogen-bond acceptors (Lipinski definition) is 3. The van der Waals surface area contributed by atoms with Crippen LogP contribution in [0.4, 0.5) is 0 Å². The number of nitrogens with zero attached hydrogens (tertiary/aromatic N) is 1. The second-order valence-electron chi connectivity index (χ2n) is 7.00. The smallest absolute Gasteiger partial charge is 0.225 e. The van der Waals surface area contributed by atoms with Crippen LogP contribution in [-0.2, 0) is 9.59 Å². The van der Waals surface area contributed by atoms with Crippen molar-refractivity contribution in [3.05, 3.63) is 35.9 Å². The topological polar surface area (TPSA) is 69.6 Å². The van der Waals surface area contributed by atoms with Crippen molar-refractivity contribution in [1.82, 2.24) is 10.2 Å². The summed E-state index contributed by atoms with van der Waals surface area (Å²) in [7, 11) is 0. The molecule has 1 saturated heterocycles. The number of aliphatic hydroxyl groups is 1. The van der Waals surface area contributed by atoms with Crippen LogP contribution in [0.25, 0.3) is 0 Å². The lowest BCUT2D eigenvalue weighted by Gasteiger charge is -2.33. The third-order valence-corrected chi connectivity index (χ3v) is 4.76. The van der Waals surface area contributed by atoms with E-state index in [1.807, 2.05) is 49.1 Å². The number of piperidine rings is 1. The predicted molar refractivity (Wildman–Crippen MR) is 97.8 cm³/mol. The van der Waals surface area contributed by atoms with Gasteiger partial charge in [0.1, 0.15) is 0 Å². The summed E-state index contributed by atoms with van der Waals surface area (Å²) in [6.45, 7) is 5.17. The Morgan fingerprint density at radius 2 is 2.04 bits per heavy atom. The number of amides is 2. The fraction of sp³-hybridized carbons (Fsp3) is 0.600. The third-order valence-electron chi connectivity index (χ3n) is 4.76. The van der Waals surface area contributed by atoms with Crippen LogP contribution in [0.3, 0.4) is 0 Å². The van der Waals surface area contributed by atoms with E-state index in [1.165, 1.54) is 0 Å². The molecule has 25 heavy (non-hydrogen) atoms. The van der Waals surface area contributed by atoms with Crippen LogP contribution >= 0.6 is 0 Å². The molecular weight excluding hydrogens is 316 g/mol. The number of hydrogen-bond donors (Lipinski definition) is 2. The van der Waals surface area contributed by atoms with Gasteiger partial charge in [-0.05, 0) is 38.2 Å². The number of benzene rings is 1. The van der Waals surface area contributed by atoms with Gasteiger partial charge in [0.2, 0.25) is 11.8 Å². The molecule has 1 aromatic rings. The Morgan fingerprint density at radius 1 is 1.32 bits per heavy atom. The molecular formula is C20H30N2O3. The molecule has 138 valence electrons. The molecule has 0 aromatic heterocycles. The summed E-state index contributed by atoms with van der Waals surface area (Å²) in [4.78, 5) is 26.4. The van der Waals surface area contributed by atoms with Crippen LogP contribution in [0.5, 0.6) is 0 Å². The first-order valence-corrected chi connectivity index (χ1v) is 9.32. The average molecular weight is 346 g/mol. The van der Waals surface area contributed by atoms with Gasteiger partial charge in [-0.15, -0.1) is 0 Å². The van der Waals surface area contributed by atoms with Crippen molar-refractivity contribution in [2.24, 2.45) is 5.92 Å². The molecule has 0 aliphatic carbocycles. The van der Waals surface area contributed by atoms with Crippen molar-refractivity contribution in [2.45, 2.75) is 58.1 Å². The molecule has 3 atom stereocenters. The van der Waals surface area contributed by atoms with Crippen LogP contribution in [-0.4, -0.2) is 41.0 Å². The van der Waals surface area contributed by atoms with Crippen molar-refractivity contribution in [3.63, 3.8) is 0 Å². The zero-order chi connectivity index (χ0) is 18.2. The van der Waals surface area contributed by atoms with Gasteiger partial charge in [0.15, 0.2) is 0 Å². The number of aliphatic hydroxyl groups excluding tert-OH is 1. The van der Waals surface area contributed by atoms with Gasteiger partial charge >= 0.3 is 0 Å². The lowest BCUT2D eigenvalue weighted by atomic mass is 9.95. The molecule has 1 fully saturated rings. The van der Waals surface area contributed by atoms with E-state index in [9.17, 15) is 14.7 Å². The van der Waals surface area contributed by atoms with E-state index >= 15 is 0 Å². The summed E-state index contributed by atoms with van der Waals surface area (Å²) in [6, 6.07) is 9.35. The molecule has 2 N–H and O–H groups in total. The first-order chi connectivity index (χ1) is 12.0. The molecule has 1 aliphatic heterocycles. The molecule has 1 aromatic carbocycles. The number of rotatable bonds is 7. The Balaban J connectivity index is 1.83. The molecule has 0 spiro atoms. The average Bonchev–Trinajstić information content (AvgIpc) is 2.62. The van der Waals surface area contributed by atoms with Crippen LogP contribution in [0.1, 0.15) is 57.6 Å². The van der Waals surface area contributed by atoms with Gasteiger partial charge < -0.3 is 15.3 Å². The van der Waals surface area contributed by atoms with Gasteiger partial charge in [0.25, 0.3) is 0 Å². The number of carbonyl (C=O) groups excluding carboxylic acids is 2. The fourth-order valence-corrected chi connectivity index (χ4v) is 3.36. The number of carbonyl (C=O) groups is 2. The van der Waals surface area contributed by atoms with E-state index in [4.69, 9.17) is 0 Å². The Hall–Kier alpha value is -1.88. The van der Waals surface area contributed by atoms with E-state index in [-0.39, 0.29) is 23.8 Å². The van der Waals surface area contributed by atoms with Gasteiger partial charge in [0, 0.05) is 25.6 Å². The van der Waals surface area contributed by atoms with Crippen LogP contribution in [0.2, 0.25) is 0 Å². The maximum Gasteiger partial charge on any atom is 0.225 e. The van der Waals surface area contributed by atoms with Crippen LogP contribution in [0, 0.1) is 5.92 Å². The highest BCUT2D eigenvalue weighted by atomic mass is 16.3. The van der Waals surface area contributed by atoms with Crippen LogP contribution in [0.15, 0.2) is 30.3 Å². The Bertz CT molecular complexity index is 561. The summed E-state index contributed by atoms with van der Waals surface area (Å²) >= 11 is 0. The first-order valence-electron chi connectivity index (χ1n) is 9.32. The molecule has 1 heterocycles. The van der Waals surface area contributed by atoms with Crippen molar-refractivity contribution >= 4 is 11.8 Å². The highest BCUT2D eigenvalue weighted by Gasteiger charge is 2.28. The lowest BCUT2D eigenvalue weighted by Crippen LogP contribution is -2.47. The van der Waals surface area contributed by atoms with Gasteiger partial charge in [-0.2, -0.15) is 0 Å². The Labute approximate surface area is 150 Å². The maximum absolute atomic E-state index is 12.5. The predicted octanol–water partition coefficient (Wildman–Crippen LogP) is 2.65. The van der Waals surface area contributed by atoms with E-state index in [0.717, 1.165) is 31.4 Å². The second kappa shape index (κ2) is 9.56. The SMILES string of the molecule is CCCC(=O)N1CCCC(C(=O)NC(C)CC(O)c2ccccc2)C1. The van der Waals surface area contributed by atoms with Crippen molar-refractivity contribution in [2.75, 3.05) is 13.1 Å². The molecule has 2 amide bonds. The maximum atomic E-state index is 12.5. The molecule has 3 unspecified atom stereocenters. The molecule has 2 rings (SSSR count). The van der Waals surface area contributed by atoms with Gasteiger partial charge in [-0.1, -0.05) is 37.3 Å². The third kappa shape index (κ3) is 5.85. The molecule has 5 nitrogen and oxygen atoms in total. The monoisotopic (exact) mass is 346 g/mol. The summed E-state index contributed by atoms with van der Waals surface area (Å²) < 4.78 is 0. The van der Waals surface area contributed by atoms with Crippen LogP contribution < -0.4 is 5.32 Å². The van der Waals surface area contributed by atoms with E-state index in [2.05, 4.69) is 5.32 Å². The Kier molecular flexibility index (Phi) is 7.44.